The summed E-state index contributed by atoms with van der Waals surface area (Å²) in [6, 6.07) is 13.0. The number of unbranched alkanes of at least 4 members (excludes halogenated alkanes) is 1. The average molecular weight is 422 g/mol. The van der Waals surface area contributed by atoms with Gasteiger partial charge in [-0.3, -0.25) is 14.0 Å². The highest BCUT2D eigenvalue weighted by Crippen LogP contribution is 2.39. The molecule has 1 N–H and O–H groups in total. The van der Waals surface area contributed by atoms with Gasteiger partial charge in [-0.2, -0.15) is 0 Å². The van der Waals surface area contributed by atoms with Crippen molar-refractivity contribution in [3.8, 4) is 5.75 Å². The van der Waals surface area contributed by atoms with E-state index in [1.54, 1.807) is 7.11 Å². The Labute approximate surface area is 181 Å². The molecule has 1 aliphatic heterocycles. The second-order valence-corrected chi connectivity index (χ2v) is 7.73. The maximum atomic E-state index is 13.2. The fourth-order valence-corrected chi connectivity index (χ4v) is 4.14. The molecular weight excluding hydrogens is 394 g/mol. The SMILES string of the molecule is CCCCN1C(=O)CC(C(=O)NCc2nnc3ccccn23)C1c1ccc(OC)cc1. The molecule has 1 saturated heterocycles. The van der Waals surface area contributed by atoms with E-state index >= 15 is 0 Å². The topological polar surface area (TPSA) is 88.8 Å². The molecule has 0 saturated carbocycles. The van der Waals surface area contributed by atoms with Crippen molar-refractivity contribution < 1.29 is 14.3 Å². The maximum Gasteiger partial charge on any atom is 0.226 e. The first-order valence-corrected chi connectivity index (χ1v) is 10.6. The molecule has 0 aliphatic carbocycles. The highest BCUT2D eigenvalue weighted by atomic mass is 16.5. The van der Waals surface area contributed by atoms with Gasteiger partial charge < -0.3 is 15.0 Å². The molecule has 4 rings (SSSR count). The summed E-state index contributed by atoms with van der Waals surface area (Å²) < 4.78 is 7.10. The number of aromatic nitrogens is 3. The van der Waals surface area contributed by atoms with Gasteiger partial charge in [-0.1, -0.05) is 31.5 Å². The minimum Gasteiger partial charge on any atom is -0.497 e. The molecule has 8 heteroatoms. The lowest BCUT2D eigenvalue weighted by Crippen LogP contribution is -2.36. The number of amides is 2. The van der Waals surface area contributed by atoms with Gasteiger partial charge in [0.05, 0.1) is 25.6 Å². The Kier molecular flexibility index (Phi) is 6.16. The summed E-state index contributed by atoms with van der Waals surface area (Å²) in [5.74, 6) is 0.796. The van der Waals surface area contributed by atoms with E-state index in [0.717, 1.165) is 29.8 Å². The third-order valence-electron chi connectivity index (χ3n) is 5.78. The molecule has 1 aliphatic rings. The number of hydrogen-bond donors (Lipinski definition) is 1. The van der Waals surface area contributed by atoms with Crippen molar-refractivity contribution in [1.82, 2.24) is 24.8 Å². The van der Waals surface area contributed by atoms with E-state index in [9.17, 15) is 9.59 Å². The molecule has 2 atom stereocenters. The number of ether oxygens (including phenoxy) is 1. The first kappa shape index (κ1) is 20.8. The summed E-state index contributed by atoms with van der Waals surface area (Å²) >= 11 is 0. The van der Waals surface area contributed by atoms with Crippen LogP contribution in [0.1, 0.15) is 43.6 Å². The summed E-state index contributed by atoms with van der Waals surface area (Å²) in [5, 5.41) is 11.3. The molecule has 0 bridgehead atoms. The van der Waals surface area contributed by atoms with Crippen LogP contribution >= 0.6 is 0 Å². The maximum absolute atomic E-state index is 13.2. The number of likely N-dealkylation sites (tertiary alicyclic amines) is 1. The number of carbonyl (C=O) groups is 2. The fraction of sp³-hybridized carbons (Fsp3) is 0.391. The predicted octanol–water partition coefficient (Wildman–Crippen LogP) is 2.74. The van der Waals surface area contributed by atoms with Crippen molar-refractivity contribution in [3.05, 3.63) is 60.0 Å². The number of nitrogens with one attached hydrogen (secondary N) is 1. The average Bonchev–Trinajstić information content (AvgIpc) is 3.37. The zero-order chi connectivity index (χ0) is 21.8. The quantitative estimate of drug-likeness (QED) is 0.604. The molecule has 1 aromatic carbocycles. The Morgan fingerprint density at radius 1 is 1.19 bits per heavy atom. The smallest absolute Gasteiger partial charge is 0.226 e. The summed E-state index contributed by atoms with van der Waals surface area (Å²) in [5.41, 5.74) is 1.67. The molecule has 2 aromatic heterocycles. The standard InChI is InChI=1S/C23H27N5O3/c1-3-4-12-28-21(29)14-18(22(28)16-8-10-17(31-2)11-9-16)23(30)24-15-20-26-25-19-7-5-6-13-27(19)20/h5-11,13,18,22H,3-4,12,14-15H2,1-2H3,(H,24,30). The second-order valence-electron chi connectivity index (χ2n) is 7.73. The van der Waals surface area contributed by atoms with E-state index < -0.39 is 5.92 Å². The Morgan fingerprint density at radius 2 is 2.00 bits per heavy atom. The van der Waals surface area contributed by atoms with Gasteiger partial charge in [0.2, 0.25) is 11.8 Å². The molecule has 3 heterocycles. The molecule has 31 heavy (non-hydrogen) atoms. The van der Waals surface area contributed by atoms with Crippen LogP contribution in [-0.2, 0) is 16.1 Å². The highest BCUT2D eigenvalue weighted by Gasteiger charge is 2.44. The van der Waals surface area contributed by atoms with Crippen molar-refractivity contribution in [2.75, 3.05) is 13.7 Å². The summed E-state index contributed by atoms with van der Waals surface area (Å²) in [7, 11) is 1.62. The monoisotopic (exact) mass is 421 g/mol. The van der Waals surface area contributed by atoms with Crippen LogP contribution in [0.15, 0.2) is 48.7 Å². The van der Waals surface area contributed by atoms with Gasteiger partial charge in [-0.15, -0.1) is 10.2 Å². The van der Waals surface area contributed by atoms with E-state index in [2.05, 4.69) is 22.4 Å². The van der Waals surface area contributed by atoms with Gasteiger partial charge in [0.15, 0.2) is 11.5 Å². The molecule has 2 amide bonds. The van der Waals surface area contributed by atoms with Crippen molar-refractivity contribution >= 4 is 17.5 Å². The zero-order valence-electron chi connectivity index (χ0n) is 17.8. The molecule has 0 radical (unpaired) electrons. The van der Waals surface area contributed by atoms with Crippen LogP contribution in [0.3, 0.4) is 0 Å². The van der Waals surface area contributed by atoms with E-state index in [1.165, 1.54) is 0 Å². The third-order valence-corrected chi connectivity index (χ3v) is 5.78. The number of methoxy groups -OCH3 is 1. The van der Waals surface area contributed by atoms with Crippen LogP contribution in [-0.4, -0.2) is 45.0 Å². The number of nitrogens with zero attached hydrogens (tertiary/aromatic N) is 4. The predicted molar refractivity (Wildman–Crippen MR) is 115 cm³/mol. The third kappa shape index (κ3) is 4.23. The van der Waals surface area contributed by atoms with Crippen molar-refractivity contribution in [2.45, 2.75) is 38.8 Å². The number of pyridine rings is 1. The molecule has 0 spiro atoms. The van der Waals surface area contributed by atoms with Crippen LogP contribution < -0.4 is 10.1 Å². The van der Waals surface area contributed by atoms with Gasteiger partial charge in [0.25, 0.3) is 0 Å². The van der Waals surface area contributed by atoms with E-state index in [0.29, 0.717) is 12.4 Å². The first-order valence-electron chi connectivity index (χ1n) is 10.6. The molecule has 3 aromatic rings. The number of hydrogen-bond acceptors (Lipinski definition) is 5. The summed E-state index contributed by atoms with van der Waals surface area (Å²) in [6.45, 7) is 2.99. The molecule has 8 nitrogen and oxygen atoms in total. The number of fused-ring (bicyclic) bond motifs is 1. The van der Waals surface area contributed by atoms with Crippen LogP contribution in [0.5, 0.6) is 5.75 Å². The fourth-order valence-electron chi connectivity index (χ4n) is 4.14. The van der Waals surface area contributed by atoms with Crippen LogP contribution in [0, 0.1) is 5.92 Å². The van der Waals surface area contributed by atoms with E-state index in [1.807, 2.05) is 58.0 Å². The second kappa shape index (κ2) is 9.16. The highest BCUT2D eigenvalue weighted by molar-refractivity contribution is 5.90. The van der Waals surface area contributed by atoms with Crippen molar-refractivity contribution in [2.24, 2.45) is 5.92 Å². The Hall–Kier alpha value is -3.42. The number of rotatable bonds is 8. The lowest BCUT2D eigenvalue weighted by Gasteiger charge is -2.28. The minimum absolute atomic E-state index is 0.0161. The number of carbonyl (C=O) groups excluding carboxylic acids is 2. The lowest BCUT2D eigenvalue weighted by atomic mass is 9.92. The van der Waals surface area contributed by atoms with E-state index in [4.69, 9.17) is 4.74 Å². The Bertz CT molecular complexity index is 1060. The summed E-state index contributed by atoms with van der Waals surface area (Å²) in [4.78, 5) is 27.8. The van der Waals surface area contributed by atoms with E-state index in [-0.39, 0.29) is 30.8 Å². The molecule has 2 unspecified atom stereocenters. The normalized spacial score (nSPS) is 18.5. The van der Waals surface area contributed by atoms with Gasteiger partial charge in [-0.05, 0) is 36.2 Å². The first-order chi connectivity index (χ1) is 15.1. The zero-order valence-corrected chi connectivity index (χ0v) is 17.8. The van der Waals surface area contributed by atoms with Crippen molar-refractivity contribution in [1.29, 1.82) is 0 Å². The van der Waals surface area contributed by atoms with Gasteiger partial charge in [0, 0.05) is 19.2 Å². The number of benzene rings is 1. The lowest BCUT2D eigenvalue weighted by molar-refractivity contribution is -0.129. The van der Waals surface area contributed by atoms with Gasteiger partial charge in [0.1, 0.15) is 5.75 Å². The van der Waals surface area contributed by atoms with Crippen LogP contribution in [0.25, 0.3) is 5.65 Å². The largest absolute Gasteiger partial charge is 0.497 e. The summed E-state index contributed by atoms with van der Waals surface area (Å²) in [6.07, 6.45) is 3.95. The van der Waals surface area contributed by atoms with Gasteiger partial charge in [-0.25, -0.2) is 0 Å². The van der Waals surface area contributed by atoms with Crippen molar-refractivity contribution in [3.63, 3.8) is 0 Å². The molecule has 1 fully saturated rings. The minimum atomic E-state index is -0.461. The molecular formula is C23H27N5O3. The Morgan fingerprint density at radius 3 is 2.74 bits per heavy atom. The van der Waals surface area contributed by atoms with Crippen LogP contribution in [0.2, 0.25) is 0 Å². The Balaban J connectivity index is 1.54. The van der Waals surface area contributed by atoms with Gasteiger partial charge >= 0.3 is 0 Å². The molecule has 162 valence electrons. The van der Waals surface area contributed by atoms with Crippen LogP contribution in [0.4, 0.5) is 0 Å².